The van der Waals surface area contributed by atoms with Crippen LogP contribution in [0.1, 0.15) is 37.3 Å². The maximum absolute atomic E-state index is 13.3. The van der Waals surface area contributed by atoms with Gasteiger partial charge in [0.2, 0.25) is 11.7 Å². The number of aromatic nitrogens is 4. The molecule has 0 amide bonds. The van der Waals surface area contributed by atoms with Crippen LogP contribution in [0, 0.1) is 12.8 Å². The number of ether oxygens (including phenoxy) is 1. The van der Waals surface area contributed by atoms with Gasteiger partial charge in [-0.25, -0.2) is 14.6 Å². The summed E-state index contributed by atoms with van der Waals surface area (Å²) in [5.74, 6) is 0.238. The number of rotatable bonds is 5. The molecule has 1 fully saturated rings. The van der Waals surface area contributed by atoms with Gasteiger partial charge in [-0.3, -0.25) is 4.79 Å². The average molecular weight is 369 g/mol. The van der Waals surface area contributed by atoms with E-state index in [4.69, 9.17) is 4.74 Å². The Hall–Kier alpha value is -2.65. The van der Waals surface area contributed by atoms with Crippen LogP contribution in [0.25, 0.3) is 0 Å². The molecule has 2 aromatic rings. The molecule has 0 unspecified atom stereocenters. The van der Waals surface area contributed by atoms with Crippen molar-refractivity contribution in [3.8, 4) is 5.88 Å². The minimum absolute atomic E-state index is 0.138. The van der Waals surface area contributed by atoms with Crippen molar-refractivity contribution in [2.24, 2.45) is 5.92 Å². The average Bonchev–Trinajstić information content (AvgIpc) is 3.41. The van der Waals surface area contributed by atoms with Gasteiger partial charge in [0, 0.05) is 6.07 Å². The molecule has 1 aliphatic carbocycles. The van der Waals surface area contributed by atoms with Crippen LogP contribution >= 0.6 is 0 Å². The number of halogens is 3. The van der Waals surface area contributed by atoms with Crippen molar-refractivity contribution in [1.82, 2.24) is 19.7 Å². The Labute approximate surface area is 147 Å². The Morgan fingerprint density at radius 3 is 2.58 bits per heavy atom. The van der Waals surface area contributed by atoms with Gasteiger partial charge in [-0.15, -0.1) is 0 Å². The highest BCUT2D eigenvalue weighted by atomic mass is 19.4. The van der Waals surface area contributed by atoms with Crippen molar-refractivity contribution in [1.29, 1.82) is 0 Å². The fraction of sp³-hybridized carbons (Fsp3) is 0.500. The Kier molecular flexibility index (Phi) is 4.59. The van der Waals surface area contributed by atoms with E-state index < -0.39 is 17.4 Å². The fourth-order valence-electron chi connectivity index (χ4n) is 2.68. The van der Waals surface area contributed by atoms with Crippen LogP contribution in [0.5, 0.6) is 5.88 Å². The molecule has 0 saturated heterocycles. The van der Waals surface area contributed by atoms with E-state index in [1.54, 1.807) is 6.92 Å². The monoisotopic (exact) mass is 369 g/mol. The zero-order chi connectivity index (χ0) is 19.1. The molecule has 0 aromatic carbocycles. The fourth-order valence-corrected chi connectivity index (χ4v) is 2.68. The normalized spacial score (nSPS) is 15.6. The van der Waals surface area contributed by atoms with Crippen LogP contribution in [0.2, 0.25) is 0 Å². The van der Waals surface area contributed by atoms with Gasteiger partial charge in [0.15, 0.2) is 5.69 Å². The van der Waals surface area contributed by atoms with Gasteiger partial charge in [-0.2, -0.15) is 18.3 Å². The minimum atomic E-state index is -4.72. The van der Waals surface area contributed by atoms with Crippen molar-refractivity contribution in [3.63, 3.8) is 0 Å². The Morgan fingerprint density at radius 1 is 1.31 bits per heavy atom. The van der Waals surface area contributed by atoms with E-state index in [0.29, 0.717) is 5.92 Å². The van der Waals surface area contributed by atoms with Crippen LogP contribution in [0.3, 0.4) is 0 Å². The lowest BCUT2D eigenvalue weighted by Crippen LogP contribution is -2.31. The van der Waals surface area contributed by atoms with E-state index in [0.717, 1.165) is 18.9 Å². The molecule has 2 aromatic heterocycles. The Morgan fingerprint density at radius 2 is 2.00 bits per heavy atom. The lowest BCUT2D eigenvalue weighted by molar-refractivity contribution is -0.140. The number of nitrogens with zero attached hydrogens (tertiary/aromatic N) is 4. The number of nitrogens with one attached hydrogen (secondary N) is 1. The number of hydrogen-bond donors (Lipinski definition) is 1. The standard InChI is InChI=1S/C16H18F3N5O2/c1-8(10-4-5-10)24-15(25)14(20-9(2)23-24)21-11-6-7-12(26-3)22-13(11)16(17,18)19/h6-8,10H,4-5H2,1-3H3,(H,20,21,23)/t8-/m0/s1. The smallest absolute Gasteiger partial charge is 0.435 e. The van der Waals surface area contributed by atoms with Crippen molar-refractivity contribution < 1.29 is 17.9 Å². The number of aryl methyl sites for hydroxylation is 1. The lowest BCUT2D eigenvalue weighted by Gasteiger charge is -2.17. The maximum Gasteiger partial charge on any atom is 0.435 e. The highest BCUT2D eigenvalue weighted by molar-refractivity contribution is 5.59. The van der Waals surface area contributed by atoms with Crippen LogP contribution < -0.4 is 15.6 Å². The third-order valence-corrected chi connectivity index (χ3v) is 4.23. The molecule has 1 saturated carbocycles. The number of pyridine rings is 1. The van der Waals surface area contributed by atoms with Crippen LogP contribution in [-0.2, 0) is 6.18 Å². The summed E-state index contributed by atoms with van der Waals surface area (Å²) in [5, 5.41) is 6.60. The molecule has 1 aliphatic rings. The Balaban J connectivity index is 2.03. The number of anilines is 2. The summed E-state index contributed by atoms with van der Waals surface area (Å²) >= 11 is 0. The summed E-state index contributed by atoms with van der Waals surface area (Å²) in [4.78, 5) is 20.1. The first-order valence-corrected chi connectivity index (χ1v) is 8.07. The Bertz CT molecular complexity index is 877. The second kappa shape index (κ2) is 6.58. The maximum atomic E-state index is 13.3. The predicted octanol–water partition coefficient (Wildman–Crippen LogP) is 3.08. The van der Waals surface area contributed by atoms with Gasteiger partial charge in [0.25, 0.3) is 0 Å². The first kappa shape index (κ1) is 18.2. The summed E-state index contributed by atoms with van der Waals surface area (Å²) in [7, 11) is 1.22. The number of alkyl halides is 3. The highest BCUT2D eigenvalue weighted by Gasteiger charge is 2.37. The topological polar surface area (TPSA) is 81.9 Å². The van der Waals surface area contributed by atoms with Gasteiger partial charge in [0.05, 0.1) is 18.8 Å². The second-order valence-electron chi connectivity index (χ2n) is 6.21. The van der Waals surface area contributed by atoms with Gasteiger partial charge in [-0.1, -0.05) is 0 Å². The summed E-state index contributed by atoms with van der Waals surface area (Å²) < 4.78 is 45.9. The van der Waals surface area contributed by atoms with E-state index in [9.17, 15) is 18.0 Å². The van der Waals surface area contributed by atoms with E-state index in [2.05, 4.69) is 20.4 Å². The molecule has 7 nitrogen and oxygen atoms in total. The number of methoxy groups -OCH3 is 1. The van der Waals surface area contributed by atoms with Gasteiger partial charge < -0.3 is 10.1 Å². The summed E-state index contributed by atoms with van der Waals surface area (Å²) in [6, 6.07) is 2.29. The second-order valence-corrected chi connectivity index (χ2v) is 6.21. The molecule has 140 valence electrons. The number of hydrogen-bond acceptors (Lipinski definition) is 6. The third-order valence-electron chi connectivity index (χ3n) is 4.23. The van der Waals surface area contributed by atoms with Gasteiger partial charge >= 0.3 is 11.7 Å². The zero-order valence-electron chi connectivity index (χ0n) is 14.5. The summed E-state index contributed by atoms with van der Waals surface area (Å²) in [6.45, 7) is 3.45. The molecule has 10 heteroatoms. The molecule has 1 atom stereocenters. The molecular weight excluding hydrogens is 351 g/mol. The highest BCUT2D eigenvalue weighted by Crippen LogP contribution is 2.39. The van der Waals surface area contributed by atoms with E-state index in [1.807, 2.05) is 6.92 Å². The van der Waals surface area contributed by atoms with Crippen molar-refractivity contribution in [3.05, 3.63) is 34.0 Å². The van der Waals surface area contributed by atoms with Crippen LogP contribution in [0.15, 0.2) is 16.9 Å². The van der Waals surface area contributed by atoms with E-state index >= 15 is 0 Å². The molecule has 2 heterocycles. The van der Waals surface area contributed by atoms with Crippen molar-refractivity contribution >= 4 is 11.5 Å². The molecular formula is C16H18F3N5O2. The summed E-state index contributed by atoms with van der Waals surface area (Å²) in [5.41, 5.74) is -2.13. The summed E-state index contributed by atoms with van der Waals surface area (Å²) in [6.07, 6.45) is -2.72. The molecule has 0 radical (unpaired) electrons. The molecule has 0 aliphatic heterocycles. The molecule has 0 spiro atoms. The largest absolute Gasteiger partial charge is 0.481 e. The molecule has 0 bridgehead atoms. The van der Waals surface area contributed by atoms with Gasteiger partial charge in [0.1, 0.15) is 5.82 Å². The molecule has 1 N–H and O–H groups in total. The van der Waals surface area contributed by atoms with Crippen molar-refractivity contribution in [2.75, 3.05) is 12.4 Å². The molecule has 26 heavy (non-hydrogen) atoms. The van der Waals surface area contributed by atoms with E-state index in [-0.39, 0.29) is 29.3 Å². The quantitative estimate of drug-likeness (QED) is 0.872. The van der Waals surface area contributed by atoms with E-state index in [1.165, 1.54) is 17.9 Å². The lowest BCUT2D eigenvalue weighted by atomic mass is 10.2. The first-order valence-electron chi connectivity index (χ1n) is 8.07. The van der Waals surface area contributed by atoms with Gasteiger partial charge in [-0.05, 0) is 38.7 Å². The minimum Gasteiger partial charge on any atom is -0.481 e. The first-order chi connectivity index (χ1) is 12.2. The predicted molar refractivity (Wildman–Crippen MR) is 87.5 cm³/mol. The zero-order valence-corrected chi connectivity index (χ0v) is 14.5. The van der Waals surface area contributed by atoms with Crippen molar-refractivity contribution in [2.45, 2.75) is 38.9 Å². The third kappa shape index (κ3) is 3.63. The SMILES string of the molecule is COc1ccc(Nc2nc(C)nn([C@@H](C)C3CC3)c2=O)c(C(F)(F)F)n1. The molecule has 3 rings (SSSR count). The van der Waals surface area contributed by atoms with Crippen LogP contribution in [0.4, 0.5) is 24.7 Å². The van der Waals surface area contributed by atoms with Crippen LogP contribution in [-0.4, -0.2) is 26.9 Å².